The van der Waals surface area contributed by atoms with Crippen molar-refractivity contribution in [3.8, 4) is 0 Å². The number of aliphatic hydroxyl groups excluding tert-OH is 2. The van der Waals surface area contributed by atoms with Gasteiger partial charge in [0.2, 0.25) is 0 Å². The molecular weight excluding hydrogens is 949 g/mol. The number of aliphatic hydroxyl groups is 2. The van der Waals surface area contributed by atoms with Gasteiger partial charge in [-0.3, -0.25) is 14.4 Å². The van der Waals surface area contributed by atoms with Crippen LogP contribution in [0, 0.1) is 0 Å². The Bertz CT molecular complexity index is 1720. The number of hydrogen-bond acceptors (Lipinski definition) is 11. The van der Waals surface area contributed by atoms with Crippen LogP contribution in [-0.2, 0) is 42.9 Å². The predicted molar refractivity (Wildman–Crippen MR) is 303 cm³/mol. The Kier molecular flexibility index (Phi) is 45.8. The number of rotatable bonds is 47. The molecule has 75 heavy (non-hydrogen) atoms. The van der Waals surface area contributed by atoms with E-state index in [1.165, 1.54) is 38.5 Å². The normalized spacial score (nSPS) is 19.0. The van der Waals surface area contributed by atoms with Crippen molar-refractivity contribution in [2.24, 2.45) is 0 Å². The molecule has 1 rings (SSSR count). The maximum Gasteiger partial charge on any atom is 0.335 e. The van der Waals surface area contributed by atoms with Gasteiger partial charge in [0.1, 0.15) is 18.8 Å². The third-order valence-corrected chi connectivity index (χ3v) is 12.3. The first-order valence-corrected chi connectivity index (χ1v) is 28.9. The van der Waals surface area contributed by atoms with E-state index in [9.17, 15) is 34.5 Å². The van der Waals surface area contributed by atoms with E-state index in [0.717, 1.165) is 109 Å². The number of carbonyl (C=O) groups is 4. The molecule has 0 aromatic carbocycles. The Balaban J connectivity index is 2.77. The Labute approximate surface area is 453 Å². The monoisotopic (exact) mass is 1050 g/mol. The Morgan fingerprint density at radius 2 is 0.853 bits per heavy atom. The molecule has 6 atom stereocenters. The lowest BCUT2D eigenvalue weighted by atomic mass is 9.98. The van der Waals surface area contributed by atoms with Gasteiger partial charge >= 0.3 is 23.9 Å². The molecule has 424 valence electrons. The minimum Gasteiger partial charge on any atom is -0.479 e. The number of hydrogen-bond donors (Lipinski definition) is 3. The van der Waals surface area contributed by atoms with Gasteiger partial charge in [-0.15, -0.1) is 0 Å². The van der Waals surface area contributed by atoms with Gasteiger partial charge in [-0.1, -0.05) is 188 Å². The molecule has 0 radical (unpaired) electrons. The van der Waals surface area contributed by atoms with Gasteiger partial charge in [-0.05, 0) is 116 Å². The van der Waals surface area contributed by atoms with Gasteiger partial charge in [-0.25, -0.2) is 4.79 Å². The smallest absolute Gasteiger partial charge is 0.335 e. The summed E-state index contributed by atoms with van der Waals surface area (Å²) in [4.78, 5) is 51.0. The maximum atomic E-state index is 13.1. The summed E-state index contributed by atoms with van der Waals surface area (Å²) < 4.78 is 28.3. The molecule has 0 amide bonds. The largest absolute Gasteiger partial charge is 0.479 e. The molecule has 1 saturated heterocycles. The van der Waals surface area contributed by atoms with E-state index < -0.39 is 67.3 Å². The Morgan fingerprint density at radius 1 is 0.453 bits per heavy atom. The number of carboxylic acids is 1. The topological polar surface area (TPSA) is 175 Å². The highest BCUT2D eigenvalue weighted by molar-refractivity contribution is 5.74. The van der Waals surface area contributed by atoms with Crippen LogP contribution in [0.1, 0.15) is 213 Å². The highest BCUT2D eigenvalue weighted by atomic mass is 16.7. The third-order valence-electron chi connectivity index (χ3n) is 12.3. The van der Waals surface area contributed by atoms with Gasteiger partial charge in [0.25, 0.3) is 0 Å². The van der Waals surface area contributed by atoms with E-state index in [-0.39, 0.29) is 25.9 Å². The number of allylic oxidation sites excluding steroid dienone is 18. The molecular formula is C63H100O12. The van der Waals surface area contributed by atoms with Crippen LogP contribution in [0.25, 0.3) is 0 Å². The number of carbonyl (C=O) groups excluding carboxylic acids is 3. The summed E-state index contributed by atoms with van der Waals surface area (Å²) in [5, 5.41) is 31.4. The van der Waals surface area contributed by atoms with Crippen LogP contribution in [-0.4, -0.2) is 89.2 Å². The minimum atomic E-state index is -1.93. The molecule has 12 nitrogen and oxygen atoms in total. The number of carboxylic acid groups (broad SMARTS) is 1. The molecule has 6 unspecified atom stereocenters. The zero-order valence-corrected chi connectivity index (χ0v) is 46.5. The van der Waals surface area contributed by atoms with E-state index in [2.05, 4.69) is 124 Å². The average molecular weight is 1050 g/mol. The van der Waals surface area contributed by atoms with Gasteiger partial charge < -0.3 is 39.0 Å². The van der Waals surface area contributed by atoms with Gasteiger partial charge in [-0.2, -0.15) is 0 Å². The molecule has 1 fully saturated rings. The molecule has 0 aromatic heterocycles. The first-order valence-electron chi connectivity index (χ1n) is 28.9. The molecule has 0 bridgehead atoms. The molecule has 3 N–H and O–H groups in total. The summed E-state index contributed by atoms with van der Waals surface area (Å²) >= 11 is 0. The summed E-state index contributed by atoms with van der Waals surface area (Å²) in [5.41, 5.74) is 0. The number of ether oxygens (including phenoxy) is 5. The summed E-state index contributed by atoms with van der Waals surface area (Å²) in [7, 11) is 0. The lowest BCUT2D eigenvalue weighted by Crippen LogP contribution is -2.61. The second kappa shape index (κ2) is 50.2. The quantitative estimate of drug-likeness (QED) is 0.0228. The van der Waals surface area contributed by atoms with Crippen LogP contribution in [0.2, 0.25) is 0 Å². The zero-order chi connectivity index (χ0) is 54.7. The standard InChI is InChI=1S/C63H100O12/c1-4-7-10-13-16-19-22-25-27-28-30-32-34-37-40-43-46-49-55(64)71-52-54(73-56(65)50-47-44-41-38-36-33-29-26-23-20-17-14-11-8-5-2)53-72-63-61(59(68)58(67)60(75-63)62(69)70)74-57(66)51-48-45-42-39-35-31-24-21-18-15-12-9-6-3/h7,9-10,12,16,18-19,21,25-27,29-32,35,37,40,54,58-61,63,67-68H,4-6,8,11,13-15,17,20,22-24,28,33-34,36,38-39,41-53H2,1-3H3,(H,69,70)/b10-7-,12-9-,19-16-,21-18-,27-25-,29-26-,32-30-,35-31-,40-37-. The lowest BCUT2D eigenvalue weighted by molar-refractivity contribution is -0.301. The molecule has 0 spiro atoms. The number of esters is 3. The van der Waals surface area contributed by atoms with Crippen molar-refractivity contribution >= 4 is 23.9 Å². The molecule has 12 heteroatoms. The second-order valence-corrected chi connectivity index (χ2v) is 19.2. The summed E-state index contributed by atoms with van der Waals surface area (Å²) in [6.07, 6.45) is 55.0. The van der Waals surface area contributed by atoms with Crippen molar-refractivity contribution in [1.29, 1.82) is 0 Å². The number of unbranched alkanes of at least 4 members (excludes halogenated alkanes) is 15. The highest BCUT2D eigenvalue weighted by Crippen LogP contribution is 2.26. The van der Waals surface area contributed by atoms with E-state index >= 15 is 0 Å². The first kappa shape index (κ1) is 68.4. The van der Waals surface area contributed by atoms with Crippen molar-refractivity contribution < 1.29 is 58.2 Å². The molecule has 1 aliphatic rings. The van der Waals surface area contributed by atoms with Crippen molar-refractivity contribution in [3.63, 3.8) is 0 Å². The van der Waals surface area contributed by atoms with E-state index in [0.29, 0.717) is 25.7 Å². The van der Waals surface area contributed by atoms with Gasteiger partial charge in [0.05, 0.1) is 6.61 Å². The fraction of sp³-hybridized carbons (Fsp3) is 0.651. The van der Waals surface area contributed by atoms with Crippen LogP contribution < -0.4 is 0 Å². The predicted octanol–water partition coefficient (Wildman–Crippen LogP) is 14.7. The van der Waals surface area contributed by atoms with E-state index in [1.54, 1.807) is 0 Å². The van der Waals surface area contributed by atoms with Crippen LogP contribution in [0.5, 0.6) is 0 Å². The minimum absolute atomic E-state index is 0.0136. The summed E-state index contributed by atoms with van der Waals surface area (Å²) in [6.45, 7) is 5.67. The third kappa shape index (κ3) is 40.3. The Morgan fingerprint density at radius 3 is 1.35 bits per heavy atom. The summed E-state index contributed by atoms with van der Waals surface area (Å²) in [5.74, 6) is -3.26. The van der Waals surface area contributed by atoms with E-state index in [1.807, 2.05) is 6.08 Å². The molecule has 0 aromatic rings. The van der Waals surface area contributed by atoms with Crippen molar-refractivity contribution in [2.45, 2.75) is 250 Å². The summed E-state index contributed by atoms with van der Waals surface area (Å²) in [6, 6.07) is 0. The molecule has 1 aliphatic heterocycles. The lowest BCUT2D eigenvalue weighted by Gasteiger charge is -2.40. The molecule has 0 aliphatic carbocycles. The van der Waals surface area contributed by atoms with Crippen LogP contribution in [0.4, 0.5) is 0 Å². The fourth-order valence-electron chi connectivity index (χ4n) is 7.94. The second-order valence-electron chi connectivity index (χ2n) is 19.2. The average Bonchev–Trinajstić information content (AvgIpc) is 3.39. The Hall–Kier alpha value is -4.62. The zero-order valence-electron chi connectivity index (χ0n) is 46.5. The van der Waals surface area contributed by atoms with Crippen LogP contribution >= 0.6 is 0 Å². The van der Waals surface area contributed by atoms with Gasteiger partial charge in [0, 0.05) is 19.3 Å². The fourth-order valence-corrected chi connectivity index (χ4v) is 7.94. The first-order chi connectivity index (χ1) is 36.6. The highest BCUT2D eigenvalue weighted by Gasteiger charge is 2.50. The van der Waals surface area contributed by atoms with Crippen LogP contribution in [0.3, 0.4) is 0 Å². The van der Waals surface area contributed by atoms with Gasteiger partial charge in [0.15, 0.2) is 24.6 Å². The maximum absolute atomic E-state index is 13.1. The van der Waals surface area contributed by atoms with Crippen molar-refractivity contribution in [2.75, 3.05) is 13.2 Å². The van der Waals surface area contributed by atoms with Crippen LogP contribution in [0.15, 0.2) is 109 Å². The SMILES string of the molecule is CC/C=C\C/C=C\C/C=C\C/C=C\C/C=C\CCCC(=O)OCC(COC1OC(C(=O)O)C(O)C(O)C1OC(=O)CCCCC/C=C\C/C=C\C/C=C\CC)OC(=O)CCCCCCC/C=C\CCCCCCCC. The molecule has 1 heterocycles. The number of aliphatic carboxylic acids is 1. The van der Waals surface area contributed by atoms with Crippen molar-refractivity contribution in [1.82, 2.24) is 0 Å². The van der Waals surface area contributed by atoms with E-state index in [4.69, 9.17) is 23.7 Å². The van der Waals surface area contributed by atoms with Crippen molar-refractivity contribution in [3.05, 3.63) is 109 Å². The molecule has 0 saturated carbocycles.